The third kappa shape index (κ3) is 4.39. The SMILES string of the molecule is CC[CH][SiH2]O[SiH3]. The Hall–Kier alpha value is 0.394. The Balaban J connectivity index is 2.34. The summed E-state index contributed by atoms with van der Waals surface area (Å²) in [7, 11) is 0.792. The minimum Gasteiger partial charge on any atom is -0.468 e. The molecule has 0 heterocycles. The Kier molecular flexibility index (Phi) is 5.75. The second-order valence-electron chi connectivity index (χ2n) is 1.15. The maximum absolute atomic E-state index is 5.00. The molecule has 3 heteroatoms. The van der Waals surface area contributed by atoms with Gasteiger partial charge >= 0.3 is 0 Å². The Morgan fingerprint density at radius 2 is 2.67 bits per heavy atom. The predicted octanol–water partition coefficient (Wildman–Crippen LogP) is -1.06. The number of hydrogen-bond acceptors (Lipinski definition) is 1. The molecular weight excluding hydrogens is 108 g/mol. The summed E-state index contributed by atoms with van der Waals surface area (Å²) in [5, 5.41) is 0. The van der Waals surface area contributed by atoms with E-state index >= 15 is 0 Å². The van der Waals surface area contributed by atoms with Gasteiger partial charge in [0.15, 0.2) is 0 Å². The van der Waals surface area contributed by atoms with Crippen molar-refractivity contribution in [2.75, 3.05) is 0 Å². The molecule has 0 aliphatic rings. The van der Waals surface area contributed by atoms with Crippen LogP contribution in [-0.4, -0.2) is 20.2 Å². The van der Waals surface area contributed by atoms with Crippen molar-refractivity contribution in [1.82, 2.24) is 0 Å². The average molecular weight is 119 g/mol. The van der Waals surface area contributed by atoms with E-state index in [9.17, 15) is 0 Å². The standard InChI is InChI=1S/C3H11OSi2/c1-2-3-6-4-5/h3H,2,6H2,1,5H3. The van der Waals surface area contributed by atoms with Crippen molar-refractivity contribution in [1.29, 1.82) is 0 Å². The van der Waals surface area contributed by atoms with E-state index in [2.05, 4.69) is 13.0 Å². The summed E-state index contributed by atoms with van der Waals surface area (Å²) in [6, 6.07) is 2.26. The smallest absolute Gasteiger partial charge is 0.148 e. The van der Waals surface area contributed by atoms with Gasteiger partial charge in [0.05, 0.1) is 0 Å². The van der Waals surface area contributed by atoms with E-state index in [4.69, 9.17) is 4.12 Å². The molecule has 0 aromatic heterocycles. The van der Waals surface area contributed by atoms with Crippen molar-refractivity contribution in [2.45, 2.75) is 13.3 Å². The van der Waals surface area contributed by atoms with Crippen LogP contribution in [0.25, 0.3) is 0 Å². The van der Waals surface area contributed by atoms with E-state index < -0.39 is 0 Å². The van der Waals surface area contributed by atoms with Gasteiger partial charge in [-0.05, 0) is 6.04 Å². The highest BCUT2D eigenvalue weighted by atomic mass is 28.3. The Morgan fingerprint density at radius 3 is 2.83 bits per heavy atom. The van der Waals surface area contributed by atoms with E-state index in [1.54, 1.807) is 0 Å². The van der Waals surface area contributed by atoms with Crippen LogP contribution in [0.4, 0.5) is 0 Å². The fourth-order valence-corrected chi connectivity index (χ4v) is 1.41. The lowest BCUT2D eigenvalue weighted by atomic mass is 10.6. The summed E-state index contributed by atoms with van der Waals surface area (Å²) < 4.78 is 5.00. The van der Waals surface area contributed by atoms with Crippen molar-refractivity contribution in [3.63, 3.8) is 0 Å². The molecule has 0 aliphatic heterocycles. The molecule has 0 saturated carbocycles. The summed E-state index contributed by atoms with van der Waals surface area (Å²) in [6.45, 7) is 2.15. The summed E-state index contributed by atoms with van der Waals surface area (Å²) in [5.41, 5.74) is 0. The van der Waals surface area contributed by atoms with Crippen molar-refractivity contribution in [2.24, 2.45) is 0 Å². The fourth-order valence-electron chi connectivity index (χ4n) is 0.236. The summed E-state index contributed by atoms with van der Waals surface area (Å²) >= 11 is 0. The van der Waals surface area contributed by atoms with E-state index in [0.29, 0.717) is 0 Å². The largest absolute Gasteiger partial charge is 0.468 e. The molecule has 0 atom stereocenters. The molecule has 0 unspecified atom stereocenters. The highest BCUT2D eigenvalue weighted by molar-refractivity contribution is 6.38. The van der Waals surface area contributed by atoms with Crippen LogP contribution in [0, 0.1) is 6.04 Å². The van der Waals surface area contributed by atoms with Crippen LogP contribution in [0.1, 0.15) is 13.3 Å². The van der Waals surface area contributed by atoms with Gasteiger partial charge in [-0.3, -0.25) is 0 Å². The number of hydrogen-bond donors (Lipinski definition) is 0. The van der Waals surface area contributed by atoms with Gasteiger partial charge in [0.2, 0.25) is 0 Å². The molecule has 0 aliphatic carbocycles. The van der Waals surface area contributed by atoms with Crippen LogP contribution in [-0.2, 0) is 4.12 Å². The molecule has 0 fully saturated rings. The zero-order valence-electron chi connectivity index (χ0n) is 4.40. The first-order valence-electron chi connectivity index (χ1n) is 2.22. The third-order valence-electron chi connectivity index (χ3n) is 0.573. The molecular formula is C3H11OSi2. The van der Waals surface area contributed by atoms with Crippen molar-refractivity contribution < 1.29 is 4.12 Å². The van der Waals surface area contributed by atoms with Crippen LogP contribution >= 0.6 is 0 Å². The summed E-state index contributed by atoms with van der Waals surface area (Å²) in [6.07, 6.45) is 1.19. The molecule has 0 amide bonds. The molecule has 0 saturated heterocycles. The Morgan fingerprint density at radius 1 is 2.00 bits per heavy atom. The lowest BCUT2D eigenvalue weighted by molar-refractivity contribution is 0.668. The van der Waals surface area contributed by atoms with Crippen LogP contribution in [0.3, 0.4) is 0 Å². The monoisotopic (exact) mass is 119 g/mol. The lowest BCUT2D eigenvalue weighted by Gasteiger charge is -1.88. The molecule has 0 aromatic rings. The minimum atomic E-state index is -0.142. The average Bonchev–Trinajstić information content (AvgIpc) is 1.61. The molecule has 6 heavy (non-hydrogen) atoms. The molecule has 0 bridgehead atoms. The number of rotatable bonds is 3. The molecule has 37 valence electrons. The van der Waals surface area contributed by atoms with Crippen molar-refractivity contribution in [3.05, 3.63) is 6.04 Å². The first-order valence-corrected chi connectivity index (χ1v) is 4.43. The van der Waals surface area contributed by atoms with Crippen LogP contribution in [0.2, 0.25) is 0 Å². The van der Waals surface area contributed by atoms with Gasteiger partial charge in [0.1, 0.15) is 20.2 Å². The zero-order chi connectivity index (χ0) is 4.83. The lowest BCUT2D eigenvalue weighted by Crippen LogP contribution is -1.93. The van der Waals surface area contributed by atoms with Crippen molar-refractivity contribution in [3.8, 4) is 0 Å². The quantitative estimate of drug-likeness (QED) is 0.340. The van der Waals surface area contributed by atoms with Crippen LogP contribution < -0.4 is 0 Å². The first kappa shape index (κ1) is 6.39. The van der Waals surface area contributed by atoms with Crippen LogP contribution in [0.5, 0.6) is 0 Å². The van der Waals surface area contributed by atoms with Gasteiger partial charge in [-0.2, -0.15) is 0 Å². The summed E-state index contributed by atoms with van der Waals surface area (Å²) in [4.78, 5) is 0. The molecule has 1 radical (unpaired) electrons. The van der Waals surface area contributed by atoms with E-state index in [1.165, 1.54) is 6.42 Å². The van der Waals surface area contributed by atoms with Crippen molar-refractivity contribution >= 4 is 20.2 Å². The summed E-state index contributed by atoms with van der Waals surface area (Å²) in [5.74, 6) is 0. The van der Waals surface area contributed by atoms with Gasteiger partial charge < -0.3 is 4.12 Å². The Bertz CT molecular complexity index is 20.8. The third-order valence-corrected chi connectivity index (χ3v) is 2.72. The minimum absolute atomic E-state index is 0.142. The highest BCUT2D eigenvalue weighted by Gasteiger charge is 1.77. The van der Waals surface area contributed by atoms with Gasteiger partial charge in [0.25, 0.3) is 0 Å². The molecule has 0 rings (SSSR count). The van der Waals surface area contributed by atoms with E-state index in [0.717, 1.165) is 10.5 Å². The van der Waals surface area contributed by atoms with Gasteiger partial charge in [0, 0.05) is 0 Å². The van der Waals surface area contributed by atoms with E-state index in [1.807, 2.05) is 0 Å². The Labute approximate surface area is 44.6 Å². The fraction of sp³-hybridized carbons (Fsp3) is 0.667. The first-order chi connectivity index (χ1) is 2.91. The maximum Gasteiger partial charge on any atom is 0.148 e. The molecule has 0 spiro atoms. The topological polar surface area (TPSA) is 9.23 Å². The zero-order valence-corrected chi connectivity index (χ0v) is 7.81. The maximum atomic E-state index is 5.00. The molecule has 0 N–H and O–H groups in total. The predicted molar refractivity (Wildman–Crippen MR) is 34.2 cm³/mol. The highest BCUT2D eigenvalue weighted by Crippen LogP contribution is 1.77. The second kappa shape index (κ2) is 5.39. The second-order valence-corrected chi connectivity index (χ2v) is 4.37. The molecule has 0 aromatic carbocycles. The van der Waals surface area contributed by atoms with Gasteiger partial charge in [-0.1, -0.05) is 13.3 Å². The normalized spacial score (nSPS) is 11.5. The van der Waals surface area contributed by atoms with E-state index in [-0.39, 0.29) is 9.76 Å². The van der Waals surface area contributed by atoms with Gasteiger partial charge in [-0.15, -0.1) is 0 Å². The van der Waals surface area contributed by atoms with Gasteiger partial charge in [-0.25, -0.2) is 0 Å². The van der Waals surface area contributed by atoms with Crippen LogP contribution in [0.15, 0.2) is 0 Å². The molecule has 1 nitrogen and oxygen atoms in total.